The molecule has 1 aromatic carbocycles. The maximum Gasteiger partial charge on any atom is 0.333 e. The molecule has 0 radical (unpaired) electrons. The highest BCUT2D eigenvalue weighted by Crippen LogP contribution is 2.28. The lowest BCUT2D eigenvalue weighted by atomic mass is 10.1. The summed E-state index contributed by atoms with van der Waals surface area (Å²) in [5.41, 5.74) is 2.31. The number of nitro groups is 1. The van der Waals surface area contributed by atoms with Crippen molar-refractivity contribution in [1.82, 2.24) is 9.78 Å². The summed E-state index contributed by atoms with van der Waals surface area (Å²) in [6.45, 7) is 2.29. The SMILES string of the molecule is CCc1nn(C)c(NCc2ccc(CO)cc2)c1[N+](=O)[O-]. The number of hydrogen-bond acceptors (Lipinski definition) is 5. The lowest BCUT2D eigenvalue weighted by molar-refractivity contribution is -0.384. The number of hydrogen-bond donors (Lipinski definition) is 2. The van der Waals surface area contributed by atoms with E-state index in [0.29, 0.717) is 24.5 Å². The molecule has 1 heterocycles. The summed E-state index contributed by atoms with van der Waals surface area (Å²) in [6.07, 6.45) is 0.511. The van der Waals surface area contributed by atoms with Gasteiger partial charge in [-0.2, -0.15) is 5.10 Å². The Morgan fingerprint density at radius 2 is 1.95 bits per heavy atom. The normalized spacial score (nSPS) is 10.6. The summed E-state index contributed by atoms with van der Waals surface area (Å²) >= 11 is 0. The molecule has 1 aromatic heterocycles. The Morgan fingerprint density at radius 1 is 1.33 bits per heavy atom. The average Bonchev–Trinajstić information content (AvgIpc) is 2.81. The second-order valence-corrected chi connectivity index (χ2v) is 4.71. The zero-order valence-corrected chi connectivity index (χ0v) is 12.0. The molecule has 0 fully saturated rings. The minimum absolute atomic E-state index is 0.000765. The van der Waals surface area contributed by atoms with E-state index in [9.17, 15) is 10.1 Å². The molecule has 7 heteroatoms. The molecule has 2 N–H and O–H groups in total. The van der Waals surface area contributed by atoms with Gasteiger partial charge < -0.3 is 10.4 Å². The van der Waals surface area contributed by atoms with Crippen LogP contribution < -0.4 is 5.32 Å². The van der Waals surface area contributed by atoms with Gasteiger partial charge in [0, 0.05) is 13.6 Å². The van der Waals surface area contributed by atoms with E-state index in [1.54, 1.807) is 7.05 Å². The molecule has 0 atom stereocenters. The first kappa shape index (κ1) is 15.0. The summed E-state index contributed by atoms with van der Waals surface area (Å²) in [5.74, 6) is 0.406. The number of anilines is 1. The number of rotatable bonds is 6. The van der Waals surface area contributed by atoms with E-state index in [1.165, 1.54) is 4.68 Å². The zero-order valence-electron chi connectivity index (χ0n) is 12.0. The van der Waals surface area contributed by atoms with Gasteiger partial charge in [-0.1, -0.05) is 31.2 Å². The van der Waals surface area contributed by atoms with Crippen LogP contribution in [0.1, 0.15) is 23.7 Å². The molecular formula is C14H18N4O3. The molecular weight excluding hydrogens is 272 g/mol. The summed E-state index contributed by atoms with van der Waals surface area (Å²) in [7, 11) is 1.68. The van der Waals surface area contributed by atoms with E-state index in [-0.39, 0.29) is 12.3 Å². The molecule has 2 aromatic rings. The second kappa shape index (κ2) is 6.36. The van der Waals surface area contributed by atoms with Gasteiger partial charge in [0.15, 0.2) is 0 Å². The highest BCUT2D eigenvalue weighted by molar-refractivity contribution is 5.60. The maximum absolute atomic E-state index is 11.2. The van der Waals surface area contributed by atoms with Gasteiger partial charge in [0.05, 0.1) is 11.5 Å². The largest absolute Gasteiger partial charge is 0.392 e. The van der Waals surface area contributed by atoms with Gasteiger partial charge in [0.2, 0.25) is 5.82 Å². The number of nitrogens with one attached hydrogen (secondary N) is 1. The van der Waals surface area contributed by atoms with Crippen molar-refractivity contribution >= 4 is 11.5 Å². The summed E-state index contributed by atoms with van der Waals surface area (Å²) < 4.78 is 1.50. The Morgan fingerprint density at radius 3 is 2.48 bits per heavy atom. The van der Waals surface area contributed by atoms with Crippen molar-refractivity contribution in [1.29, 1.82) is 0 Å². The molecule has 0 aliphatic carbocycles. The standard InChI is InChI=1S/C14H18N4O3/c1-3-12-13(18(20)21)14(17(2)16-12)15-8-10-4-6-11(9-19)7-5-10/h4-7,15,19H,3,8-9H2,1-2H3. The lowest BCUT2D eigenvalue weighted by Crippen LogP contribution is -2.06. The second-order valence-electron chi connectivity index (χ2n) is 4.71. The van der Waals surface area contributed by atoms with Crippen molar-refractivity contribution in [3.8, 4) is 0 Å². The molecule has 7 nitrogen and oxygen atoms in total. The van der Waals surface area contributed by atoms with Crippen LogP contribution in [0, 0.1) is 10.1 Å². The third-order valence-electron chi connectivity index (χ3n) is 3.27. The van der Waals surface area contributed by atoms with Crippen LogP contribution >= 0.6 is 0 Å². The number of nitrogens with zero attached hydrogens (tertiary/aromatic N) is 3. The van der Waals surface area contributed by atoms with Crippen LogP contribution in [0.15, 0.2) is 24.3 Å². The van der Waals surface area contributed by atoms with Gasteiger partial charge in [-0.3, -0.25) is 10.1 Å². The van der Waals surface area contributed by atoms with Gasteiger partial charge in [-0.05, 0) is 17.5 Å². The highest BCUT2D eigenvalue weighted by atomic mass is 16.6. The van der Waals surface area contributed by atoms with Crippen LogP contribution in [-0.4, -0.2) is 19.8 Å². The van der Waals surface area contributed by atoms with Crippen molar-refractivity contribution in [3.05, 3.63) is 51.2 Å². The predicted octanol–water partition coefficient (Wildman–Crippen LogP) is 2.00. The smallest absolute Gasteiger partial charge is 0.333 e. The molecule has 0 aliphatic rings. The van der Waals surface area contributed by atoms with E-state index in [4.69, 9.17) is 5.11 Å². The molecule has 2 rings (SSSR count). The molecule has 112 valence electrons. The van der Waals surface area contributed by atoms with Gasteiger partial charge in [-0.25, -0.2) is 4.68 Å². The van der Waals surface area contributed by atoms with E-state index in [1.807, 2.05) is 31.2 Å². The molecule has 0 saturated carbocycles. The van der Waals surface area contributed by atoms with Crippen molar-refractivity contribution in [2.24, 2.45) is 7.05 Å². The van der Waals surface area contributed by atoms with E-state index in [0.717, 1.165) is 11.1 Å². The summed E-state index contributed by atoms with van der Waals surface area (Å²) in [5, 5.41) is 27.4. The first-order chi connectivity index (χ1) is 10.1. The Bertz CT molecular complexity index is 634. The van der Waals surface area contributed by atoms with Gasteiger partial charge in [0.25, 0.3) is 0 Å². The number of aliphatic hydroxyl groups excluding tert-OH is 1. The third-order valence-corrected chi connectivity index (χ3v) is 3.27. The molecule has 21 heavy (non-hydrogen) atoms. The van der Waals surface area contributed by atoms with E-state index in [2.05, 4.69) is 10.4 Å². The number of aryl methyl sites for hydroxylation is 2. The van der Waals surface area contributed by atoms with Crippen LogP contribution in [0.25, 0.3) is 0 Å². The molecule has 0 aliphatic heterocycles. The number of benzene rings is 1. The Balaban J connectivity index is 2.19. The van der Waals surface area contributed by atoms with Crippen LogP contribution in [0.5, 0.6) is 0 Å². The van der Waals surface area contributed by atoms with Gasteiger partial charge >= 0.3 is 5.69 Å². The van der Waals surface area contributed by atoms with Crippen molar-refractivity contribution in [2.45, 2.75) is 26.5 Å². The molecule has 0 amide bonds. The molecule has 0 spiro atoms. The minimum atomic E-state index is -0.400. The first-order valence-electron chi connectivity index (χ1n) is 6.69. The number of aromatic nitrogens is 2. The van der Waals surface area contributed by atoms with E-state index < -0.39 is 4.92 Å². The maximum atomic E-state index is 11.2. The van der Waals surface area contributed by atoms with Gasteiger partial charge in [0.1, 0.15) is 5.69 Å². The molecule has 0 unspecified atom stereocenters. The predicted molar refractivity (Wildman–Crippen MR) is 78.9 cm³/mol. The fourth-order valence-electron chi connectivity index (χ4n) is 2.14. The van der Waals surface area contributed by atoms with Crippen LogP contribution in [0.2, 0.25) is 0 Å². The van der Waals surface area contributed by atoms with Crippen molar-refractivity contribution in [3.63, 3.8) is 0 Å². The van der Waals surface area contributed by atoms with E-state index >= 15 is 0 Å². The fraction of sp³-hybridized carbons (Fsp3) is 0.357. The number of aliphatic hydroxyl groups is 1. The van der Waals surface area contributed by atoms with Crippen molar-refractivity contribution in [2.75, 3.05) is 5.32 Å². The molecule has 0 bridgehead atoms. The Hall–Kier alpha value is -2.41. The lowest BCUT2D eigenvalue weighted by Gasteiger charge is -2.07. The first-order valence-corrected chi connectivity index (χ1v) is 6.69. The molecule has 0 saturated heterocycles. The van der Waals surface area contributed by atoms with Crippen LogP contribution in [0.4, 0.5) is 11.5 Å². The van der Waals surface area contributed by atoms with Crippen LogP contribution in [0.3, 0.4) is 0 Å². The average molecular weight is 290 g/mol. The quantitative estimate of drug-likeness (QED) is 0.627. The summed E-state index contributed by atoms with van der Waals surface area (Å²) in [6, 6.07) is 7.40. The Kier molecular flexibility index (Phi) is 4.54. The topological polar surface area (TPSA) is 93.2 Å². The fourth-order valence-corrected chi connectivity index (χ4v) is 2.14. The Labute approximate surface area is 122 Å². The third kappa shape index (κ3) is 3.19. The monoisotopic (exact) mass is 290 g/mol. The van der Waals surface area contributed by atoms with Crippen molar-refractivity contribution < 1.29 is 10.0 Å². The summed E-state index contributed by atoms with van der Waals surface area (Å²) in [4.78, 5) is 10.8. The minimum Gasteiger partial charge on any atom is -0.392 e. The van der Waals surface area contributed by atoms with Gasteiger partial charge in [-0.15, -0.1) is 0 Å². The zero-order chi connectivity index (χ0) is 15.4. The van der Waals surface area contributed by atoms with Crippen LogP contribution in [-0.2, 0) is 26.6 Å². The highest BCUT2D eigenvalue weighted by Gasteiger charge is 2.25.